The summed E-state index contributed by atoms with van der Waals surface area (Å²) in [7, 11) is 0. The van der Waals surface area contributed by atoms with Gasteiger partial charge in [0.05, 0.1) is 11.9 Å². The number of carbonyl (C=O) groups is 1. The van der Waals surface area contributed by atoms with E-state index in [-0.39, 0.29) is 5.78 Å². The third kappa shape index (κ3) is 2.77. The first-order valence-electron chi connectivity index (χ1n) is 5.03. The Labute approximate surface area is 109 Å². The van der Waals surface area contributed by atoms with Crippen LogP contribution in [-0.4, -0.2) is 15.7 Å². The minimum Gasteiger partial charge on any atom is -0.344 e. The van der Waals surface area contributed by atoms with Crippen LogP contribution < -0.4 is 0 Å². The van der Waals surface area contributed by atoms with Gasteiger partial charge in [-0.15, -0.1) is 11.6 Å². The lowest BCUT2D eigenvalue weighted by molar-refractivity contribution is 0.0991. The smallest absolute Gasteiger partial charge is 0.182 e. The molecule has 16 heavy (non-hydrogen) atoms. The van der Waals surface area contributed by atoms with E-state index in [1.54, 1.807) is 6.92 Å². The summed E-state index contributed by atoms with van der Waals surface area (Å²) in [6, 6.07) is 1.88. The highest BCUT2D eigenvalue weighted by molar-refractivity contribution is 9.11. The number of carbonyl (C=O) groups excluding carboxylic acids is 1. The maximum atomic E-state index is 11.8. The van der Waals surface area contributed by atoms with Crippen LogP contribution >= 0.6 is 27.5 Å². The van der Waals surface area contributed by atoms with Gasteiger partial charge in [0.1, 0.15) is 0 Å². The number of alkyl halides is 1. The molecule has 0 saturated heterocycles. The third-order valence-electron chi connectivity index (χ3n) is 2.53. The Morgan fingerprint density at radius 3 is 2.62 bits per heavy atom. The standard InChI is InChI=1S/C12H15BrClNO/c1-7(13)6-15-8(2)5-11(10(15)4)12(16)9(3)14/h5,9H,1,6H2,2-4H3. The monoisotopic (exact) mass is 303 g/mol. The molecule has 1 aromatic heterocycles. The van der Waals surface area contributed by atoms with Crippen LogP contribution in [0.15, 0.2) is 17.1 Å². The van der Waals surface area contributed by atoms with Crippen LogP contribution in [0.3, 0.4) is 0 Å². The Balaban J connectivity index is 3.16. The predicted molar refractivity (Wildman–Crippen MR) is 71.6 cm³/mol. The summed E-state index contributed by atoms with van der Waals surface area (Å²) in [5.41, 5.74) is 2.68. The van der Waals surface area contributed by atoms with E-state index in [9.17, 15) is 4.79 Å². The van der Waals surface area contributed by atoms with Crippen molar-refractivity contribution in [3.63, 3.8) is 0 Å². The second kappa shape index (κ2) is 5.19. The van der Waals surface area contributed by atoms with Crippen LogP contribution in [0.25, 0.3) is 0 Å². The zero-order valence-electron chi connectivity index (χ0n) is 9.68. The Hall–Kier alpha value is -0.540. The van der Waals surface area contributed by atoms with Crippen LogP contribution in [-0.2, 0) is 6.54 Å². The van der Waals surface area contributed by atoms with E-state index in [1.165, 1.54) is 0 Å². The summed E-state index contributed by atoms with van der Waals surface area (Å²) < 4.78 is 2.93. The average molecular weight is 305 g/mol. The number of hydrogen-bond donors (Lipinski definition) is 0. The Bertz CT molecular complexity index is 434. The maximum Gasteiger partial charge on any atom is 0.182 e. The van der Waals surface area contributed by atoms with Crippen molar-refractivity contribution in [3.05, 3.63) is 34.1 Å². The quantitative estimate of drug-likeness (QED) is 0.612. The number of aromatic nitrogens is 1. The minimum atomic E-state index is -0.485. The number of ketones is 1. The summed E-state index contributed by atoms with van der Waals surface area (Å²) in [6.07, 6.45) is 0. The summed E-state index contributed by atoms with van der Waals surface area (Å²) in [5, 5.41) is -0.485. The molecule has 88 valence electrons. The van der Waals surface area contributed by atoms with Gasteiger partial charge in [0.25, 0.3) is 0 Å². The lowest BCUT2D eigenvalue weighted by Gasteiger charge is -2.08. The van der Waals surface area contributed by atoms with E-state index in [1.807, 2.05) is 24.5 Å². The van der Waals surface area contributed by atoms with Gasteiger partial charge in [-0.1, -0.05) is 22.5 Å². The second-order valence-corrected chi connectivity index (χ2v) is 5.64. The number of aryl methyl sites for hydroxylation is 1. The molecule has 0 bridgehead atoms. The van der Waals surface area contributed by atoms with Crippen LogP contribution in [0.5, 0.6) is 0 Å². The van der Waals surface area contributed by atoms with Crippen LogP contribution in [0.1, 0.15) is 28.7 Å². The molecule has 1 aromatic rings. The molecular formula is C12H15BrClNO. The molecule has 4 heteroatoms. The molecule has 1 atom stereocenters. The summed E-state index contributed by atoms with van der Waals surface area (Å²) >= 11 is 9.14. The van der Waals surface area contributed by atoms with Crippen molar-refractivity contribution in [2.75, 3.05) is 0 Å². The lowest BCUT2D eigenvalue weighted by Crippen LogP contribution is -2.12. The molecule has 0 N–H and O–H groups in total. The SMILES string of the molecule is C=C(Br)Cn1c(C)cc(C(=O)C(C)Cl)c1C. The van der Waals surface area contributed by atoms with Crippen molar-refractivity contribution in [3.8, 4) is 0 Å². The van der Waals surface area contributed by atoms with Gasteiger partial charge in [-0.25, -0.2) is 0 Å². The van der Waals surface area contributed by atoms with Crippen LogP contribution in [0, 0.1) is 13.8 Å². The Morgan fingerprint density at radius 1 is 1.62 bits per heavy atom. The first-order chi connectivity index (χ1) is 7.34. The predicted octanol–water partition coefficient (Wildman–Crippen LogP) is 3.82. The molecule has 2 nitrogen and oxygen atoms in total. The van der Waals surface area contributed by atoms with Crippen molar-refractivity contribution in [2.24, 2.45) is 0 Å². The molecule has 0 amide bonds. The van der Waals surface area contributed by atoms with Crippen molar-refractivity contribution >= 4 is 33.3 Å². The molecule has 0 spiro atoms. The average Bonchev–Trinajstić information content (AvgIpc) is 2.44. The van der Waals surface area contributed by atoms with Gasteiger partial charge in [0.2, 0.25) is 0 Å². The normalized spacial score (nSPS) is 12.6. The van der Waals surface area contributed by atoms with E-state index >= 15 is 0 Å². The lowest BCUT2D eigenvalue weighted by atomic mass is 10.1. The zero-order valence-corrected chi connectivity index (χ0v) is 12.0. The van der Waals surface area contributed by atoms with Gasteiger partial charge in [-0.3, -0.25) is 4.79 Å². The number of halogens is 2. The van der Waals surface area contributed by atoms with Gasteiger partial charge >= 0.3 is 0 Å². The first-order valence-corrected chi connectivity index (χ1v) is 6.25. The molecule has 0 aliphatic rings. The van der Waals surface area contributed by atoms with E-state index in [0.29, 0.717) is 12.1 Å². The number of Topliss-reactive ketones (excluding diaryl/α,β-unsaturated/α-hetero) is 1. The molecule has 0 aliphatic carbocycles. The number of allylic oxidation sites excluding steroid dienone is 1. The Kier molecular flexibility index (Phi) is 4.39. The van der Waals surface area contributed by atoms with Gasteiger partial charge < -0.3 is 4.57 Å². The fraction of sp³-hybridized carbons (Fsp3) is 0.417. The van der Waals surface area contributed by atoms with E-state index in [2.05, 4.69) is 22.5 Å². The van der Waals surface area contributed by atoms with E-state index < -0.39 is 5.38 Å². The van der Waals surface area contributed by atoms with Crippen molar-refractivity contribution < 1.29 is 4.79 Å². The van der Waals surface area contributed by atoms with E-state index in [4.69, 9.17) is 11.6 Å². The largest absolute Gasteiger partial charge is 0.344 e. The summed E-state index contributed by atoms with van der Waals surface area (Å²) in [6.45, 7) is 10.1. The number of hydrogen-bond acceptors (Lipinski definition) is 1. The zero-order chi connectivity index (χ0) is 12.5. The molecule has 0 aromatic carbocycles. The summed E-state index contributed by atoms with van der Waals surface area (Å²) in [4.78, 5) is 11.8. The van der Waals surface area contributed by atoms with Crippen molar-refractivity contribution in [1.82, 2.24) is 4.57 Å². The number of nitrogens with zero attached hydrogens (tertiary/aromatic N) is 1. The number of rotatable bonds is 4. The molecule has 0 radical (unpaired) electrons. The van der Waals surface area contributed by atoms with Gasteiger partial charge in [0, 0.05) is 21.4 Å². The first kappa shape index (κ1) is 13.5. The highest BCUT2D eigenvalue weighted by Gasteiger charge is 2.19. The van der Waals surface area contributed by atoms with E-state index in [0.717, 1.165) is 15.9 Å². The van der Waals surface area contributed by atoms with Gasteiger partial charge in [-0.2, -0.15) is 0 Å². The molecule has 1 rings (SSSR count). The third-order valence-corrected chi connectivity index (χ3v) is 2.98. The highest BCUT2D eigenvalue weighted by atomic mass is 79.9. The molecule has 1 unspecified atom stereocenters. The highest BCUT2D eigenvalue weighted by Crippen LogP contribution is 2.20. The molecular weight excluding hydrogens is 289 g/mol. The van der Waals surface area contributed by atoms with Crippen LogP contribution in [0.4, 0.5) is 0 Å². The second-order valence-electron chi connectivity index (χ2n) is 3.87. The van der Waals surface area contributed by atoms with Crippen molar-refractivity contribution in [2.45, 2.75) is 32.7 Å². The maximum absolute atomic E-state index is 11.8. The van der Waals surface area contributed by atoms with Crippen molar-refractivity contribution in [1.29, 1.82) is 0 Å². The fourth-order valence-corrected chi connectivity index (χ4v) is 2.05. The minimum absolute atomic E-state index is 0.0267. The van der Waals surface area contributed by atoms with Crippen LogP contribution in [0.2, 0.25) is 0 Å². The molecule has 1 heterocycles. The fourth-order valence-electron chi connectivity index (χ4n) is 1.68. The van der Waals surface area contributed by atoms with Gasteiger partial charge in [-0.05, 0) is 26.8 Å². The van der Waals surface area contributed by atoms with Gasteiger partial charge in [0.15, 0.2) is 5.78 Å². The molecule has 0 saturated carbocycles. The molecule has 0 fully saturated rings. The molecule has 0 aliphatic heterocycles. The summed E-state index contributed by atoms with van der Waals surface area (Å²) in [5.74, 6) is -0.0267. The topological polar surface area (TPSA) is 22.0 Å². The Morgan fingerprint density at radius 2 is 2.19 bits per heavy atom.